The van der Waals surface area contributed by atoms with Crippen LogP contribution in [0.15, 0.2) is 91.1 Å². The normalized spacial score (nSPS) is 14.5. The van der Waals surface area contributed by atoms with E-state index < -0.39 is 0 Å². The molecule has 2 amide bonds. The van der Waals surface area contributed by atoms with Gasteiger partial charge < -0.3 is 14.8 Å². The van der Waals surface area contributed by atoms with Gasteiger partial charge in [0.1, 0.15) is 5.82 Å². The Morgan fingerprint density at radius 2 is 1.77 bits per heavy atom. The standard InChI is InChI=1S/C32H30ClN5O/c1-4-27-26-20-37(32(39)34-28-19-24(33)17-14-22(28)3)30(23-15-12-21(2)13-16-23)29-11-8-18-36(29)31(26)38(35-27)25-9-6-5-7-10-25/h5-19,30H,4,20H2,1-3H3,(H,34,39). The minimum Gasteiger partial charge on any atom is -0.307 e. The van der Waals surface area contributed by atoms with Crippen LogP contribution in [0.5, 0.6) is 0 Å². The molecule has 0 radical (unpaired) electrons. The molecular formula is C32H30ClN5O. The number of aryl methyl sites for hydroxylation is 3. The molecule has 0 spiro atoms. The van der Waals surface area contributed by atoms with E-state index in [2.05, 4.69) is 72.4 Å². The number of halogens is 1. The van der Waals surface area contributed by atoms with Crippen molar-refractivity contribution in [3.8, 4) is 11.5 Å². The second kappa shape index (κ2) is 10.1. The number of para-hydroxylation sites is 1. The van der Waals surface area contributed by atoms with Gasteiger partial charge in [-0.3, -0.25) is 0 Å². The Kier molecular flexibility index (Phi) is 6.49. The first-order valence-corrected chi connectivity index (χ1v) is 13.6. The number of hydrogen-bond acceptors (Lipinski definition) is 2. The molecule has 1 unspecified atom stereocenters. The Bertz CT molecular complexity index is 1650. The molecule has 0 saturated heterocycles. The first-order valence-electron chi connectivity index (χ1n) is 13.2. The van der Waals surface area contributed by atoms with Crippen molar-refractivity contribution in [2.24, 2.45) is 0 Å². The number of urea groups is 1. The molecule has 0 aliphatic carbocycles. The number of anilines is 1. The molecule has 0 fully saturated rings. The number of amides is 2. The summed E-state index contributed by atoms with van der Waals surface area (Å²) in [6.07, 6.45) is 2.81. The molecular weight excluding hydrogens is 506 g/mol. The Balaban J connectivity index is 1.55. The number of hydrogen-bond donors (Lipinski definition) is 1. The fourth-order valence-electron chi connectivity index (χ4n) is 5.36. The van der Waals surface area contributed by atoms with E-state index in [0.717, 1.165) is 46.0 Å². The molecule has 1 atom stereocenters. The fourth-order valence-corrected chi connectivity index (χ4v) is 5.54. The van der Waals surface area contributed by atoms with Crippen molar-refractivity contribution in [3.05, 3.63) is 130 Å². The number of fused-ring (bicyclic) bond motifs is 3. The molecule has 1 aliphatic heterocycles. The predicted molar refractivity (Wildman–Crippen MR) is 156 cm³/mol. The molecule has 5 aromatic rings. The van der Waals surface area contributed by atoms with E-state index in [4.69, 9.17) is 16.7 Å². The van der Waals surface area contributed by atoms with Crippen LogP contribution in [0, 0.1) is 13.8 Å². The van der Waals surface area contributed by atoms with E-state index in [-0.39, 0.29) is 12.1 Å². The number of nitrogens with zero attached hydrogens (tertiary/aromatic N) is 4. The van der Waals surface area contributed by atoms with Crippen LogP contribution in [0.25, 0.3) is 11.5 Å². The highest BCUT2D eigenvalue weighted by molar-refractivity contribution is 6.31. The van der Waals surface area contributed by atoms with Gasteiger partial charge in [-0.05, 0) is 67.8 Å². The first-order chi connectivity index (χ1) is 18.9. The lowest BCUT2D eigenvalue weighted by atomic mass is 10.0. The lowest BCUT2D eigenvalue weighted by Gasteiger charge is -2.31. The number of aromatic nitrogens is 3. The van der Waals surface area contributed by atoms with Crippen molar-refractivity contribution in [2.45, 2.75) is 39.8 Å². The molecule has 0 saturated carbocycles. The zero-order valence-corrected chi connectivity index (χ0v) is 23.0. The number of benzene rings is 3. The van der Waals surface area contributed by atoms with E-state index in [1.165, 1.54) is 5.56 Å². The van der Waals surface area contributed by atoms with Crippen LogP contribution in [0.2, 0.25) is 5.02 Å². The minimum atomic E-state index is -0.318. The predicted octanol–water partition coefficient (Wildman–Crippen LogP) is 7.63. The van der Waals surface area contributed by atoms with Gasteiger partial charge in [-0.25, -0.2) is 9.48 Å². The fraction of sp³-hybridized carbons (Fsp3) is 0.188. The summed E-state index contributed by atoms with van der Waals surface area (Å²) in [4.78, 5) is 16.1. The SMILES string of the molecule is CCc1nn(-c2ccccc2)c2c1CN(C(=O)Nc1cc(Cl)ccc1C)C(c1ccc(C)cc1)c1cccn1-2. The summed E-state index contributed by atoms with van der Waals surface area (Å²) in [5.41, 5.74) is 7.84. The number of rotatable bonds is 4. The van der Waals surface area contributed by atoms with Crippen LogP contribution in [-0.2, 0) is 13.0 Å². The lowest BCUT2D eigenvalue weighted by molar-refractivity contribution is 0.194. The van der Waals surface area contributed by atoms with E-state index in [0.29, 0.717) is 17.3 Å². The van der Waals surface area contributed by atoms with Gasteiger partial charge in [0.15, 0.2) is 0 Å². The van der Waals surface area contributed by atoms with E-state index in [1.54, 1.807) is 6.07 Å². The van der Waals surface area contributed by atoms with Crippen LogP contribution in [0.1, 0.15) is 46.6 Å². The van der Waals surface area contributed by atoms with Gasteiger partial charge in [0.2, 0.25) is 0 Å². The minimum absolute atomic E-state index is 0.193. The number of carbonyl (C=O) groups excluding carboxylic acids is 1. The molecule has 0 bridgehead atoms. The number of nitrogens with one attached hydrogen (secondary N) is 1. The van der Waals surface area contributed by atoms with Crippen LogP contribution >= 0.6 is 11.6 Å². The first kappa shape index (κ1) is 25.0. The van der Waals surface area contributed by atoms with Crippen LogP contribution < -0.4 is 5.32 Å². The van der Waals surface area contributed by atoms with Gasteiger partial charge in [-0.2, -0.15) is 5.10 Å². The maximum Gasteiger partial charge on any atom is 0.322 e. The topological polar surface area (TPSA) is 55.1 Å². The Morgan fingerprint density at radius 3 is 2.51 bits per heavy atom. The molecule has 39 heavy (non-hydrogen) atoms. The molecule has 1 N–H and O–H groups in total. The lowest BCUT2D eigenvalue weighted by Crippen LogP contribution is -2.38. The highest BCUT2D eigenvalue weighted by Crippen LogP contribution is 2.39. The van der Waals surface area contributed by atoms with Gasteiger partial charge in [0.25, 0.3) is 0 Å². The van der Waals surface area contributed by atoms with Gasteiger partial charge in [0.05, 0.1) is 29.7 Å². The highest BCUT2D eigenvalue weighted by atomic mass is 35.5. The molecule has 3 heterocycles. The second-order valence-corrected chi connectivity index (χ2v) is 10.4. The van der Waals surface area contributed by atoms with E-state index in [9.17, 15) is 4.79 Å². The summed E-state index contributed by atoms with van der Waals surface area (Å²) in [6, 6.07) is 27.8. The van der Waals surface area contributed by atoms with E-state index >= 15 is 0 Å². The summed E-state index contributed by atoms with van der Waals surface area (Å²) in [6.45, 7) is 6.55. The van der Waals surface area contributed by atoms with Crippen molar-refractivity contribution in [1.29, 1.82) is 0 Å². The second-order valence-electron chi connectivity index (χ2n) is 9.98. The third-order valence-corrected chi connectivity index (χ3v) is 7.63. The summed E-state index contributed by atoms with van der Waals surface area (Å²) >= 11 is 6.29. The Morgan fingerprint density at radius 1 is 1.00 bits per heavy atom. The van der Waals surface area contributed by atoms with Crippen LogP contribution in [0.4, 0.5) is 10.5 Å². The molecule has 7 heteroatoms. The largest absolute Gasteiger partial charge is 0.322 e. The van der Waals surface area contributed by atoms with Gasteiger partial charge >= 0.3 is 6.03 Å². The molecule has 2 aromatic heterocycles. The van der Waals surface area contributed by atoms with Crippen LogP contribution in [-0.4, -0.2) is 25.3 Å². The van der Waals surface area contributed by atoms with Crippen molar-refractivity contribution < 1.29 is 4.79 Å². The van der Waals surface area contributed by atoms with Crippen molar-refractivity contribution in [1.82, 2.24) is 19.2 Å². The monoisotopic (exact) mass is 535 g/mol. The molecule has 6 rings (SSSR count). The highest BCUT2D eigenvalue weighted by Gasteiger charge is 2.36. The molecule has 1 aliphatic rings. The van der Waals surface area contributed by atoms with Crippen molar-refractivity contribution >= 4 is 23.3 Å². The molecule has 3 aromatic carbocycles. The average Bonchev–Trinajstić information content (AvgIpc) is 3.53. The zero-order valence-electron chi connectivity index (χ0n) is 22.2. The molecule has 6 nitrogen and oxygen atoms in total. The van der Waals surface area contributed by atoms with Crippen molar-refractivity contribution in [3.63, 3.8) is 0 Å². The van der Waals surface area contributed by atoms with Gasteiger partial charge in [-0.15, -0.1) is 0 Å². The number of carbonyl (C=O) groups is 1. The Hall–Kier alpha value is -4.29. The zero-order chi connectivity index (χ0) is 27.1. The smallest absolute Gasteiger partial charge is 0.307 e. The summed E-state index contributed by atoms with van der Waals surface area (Å²) in [5, 5.41) is 8.77. The average molecular weight is 536 g/mol. The third-order valence-electron chi connectivity index (χ3n) is 7.40. The summed E-state index contributed by atoms with van der Waals surface area (Å²) in [7, 11) is 0. The molecule has 196 valence electrons. The summed E-state index contributed by atoms with van der Waals surface area (Å²) < 4.78 is 4.20. The summed E-state index contributed by atoms with van der Waals surface area (Å²) in [5.74, 6) is 0.962. The van der Waals surface area contributed by atoms with Gasteiger partial charge in [0, 0.05) is 22.5 Å². The van der Waals surface area contributed by atoms with E-state index in [1.807, 2.05) is 52.9 Å². The third kappa shape index (κ3) is 4.51. The quantitative estimate of drug-likeness (QED) is 0.257. The Labute approximate surface area is 233 Å². The van der Waals surface area contributed by atoms with Crippen molar-refractivity contribution in [2.75, 3.05) is 5.32 Å². The van der Waals surface area contributed by atoms with Crippen LogP contribution in [0.3, 0.4) is 0 Å². The van der Waals surface area contributed by atoms with Gasteiger partial charge in [-0.1, -0.05) is 72.6 Å². The maximum atomic E-state index is 14.2. The maximum absolute atomic E-state index is 14.2.